The summed E-state index contributed by atoms with van der Waals surface area (Å²) in [6.07, 6.45) is 0. The number of benzene rings is 2. The van der Waals surface area contributed by atoms with Gasteiger partial charge in [-0.1, -0.05) is 12.1 Å². The molecule has 2 aromatic rings. The summed E-state index contributed by atoms with van der Waals surface area (Å²) < 4.78 is 0. The molecule has 0 bridgehead atoms. The maximum Gasteiger partial charge on any atom is -0.0143 e. The minimum absolute atomic E-state index is 1.34. The largest absolute Gasteiger partial charge is 0.0537 e. The second kappa shape index (κ2) is 3.13. The fourth-order valence-corrected chi connectivity index (χ4v) is 2.03. The number of hydrogen-bond donors (Lipinski definition) is 0. The summed E-state index contributed by atoms with van der Waals surface area (Å²) >= 11 is 0. The molecule has 0 heterocycles. The van der Waals surface area contributed by atoms with E-state index in [0.29, 0.717) is 0 Å². The Morgan fingerprint density at radius 1 is 0.786 bits per heavy atom. The standard InChI is InChI=1S/C14H15/c1-9-10(2)12(4)14-8-6-5-7-13(14)11(9)3/h5,7-8H,1-4H3. The fourth-order valence-electron chi connectivity index (χ4n) is 2.03. The fraction of sp³-hybridized carbons (Fsp3) is 0.286. The van der Waals surface area contributed by atoms with Crippen molar-refractivity contribution in [2.24, 2.45) is 0 Å². The minimum atomic E-state index is 1.34. The van der Waals surface area contributed by atoms with Gasteiger partial charge in [-0.05, 0) is 72.9 Å². The molecule has 2 aromatic carbocycles. The van der Waals surface area contributed by atoms with Crippen molar-refractivity contribution in [1.82, 2.24) is 0 Å². The summed E-state index contributed by atoms with van der Waals surface area (Å²) in [5.74, 6) is 0. The third-order valence-corrected chi connectivity index (χ3v) is 3.36. The minimum Gasteiger partial charge on any atom is -0.0537 e. The Hall–Kier alpha value is -1.30. The molecule has 0 nitrogen and oxygen atoms in total. The first-order valence-electron chi connectivity index (χ1n) is 4.99. The van der Waals surface area contributed by atoms with Crippen LogP contribution in [0, 0.1) is 33.8 Å². The third-order valence-electron chi connectivity index (χ3n) is 3.36. The highest BCUT2D eigenvalue weighted by Crippen LogP contribution is 2.28. The normalized spacial score (nSPS) is 10.9. The van der Waals surface area contributed by atoms with Crippen molar-refractivity contribution in [3.05, 3.63) is 46.5 Å². The maximum absolute atomic E-state index is 3.15. The molecular weight excluding hydrogens is 168 g/mol. The summed E-state index contributed by atoms with van der Waals surface area (Å²) in [7, 11) is 0. The highest BCUT2D eigenvalue weighted by Gasteiger charge is 2.07. The predicted octanol–water partition coefficient (Wildman–Crippen LogP) is 3.87. The van der Waals surface area contributed by atoms with Gasteiger partial charge < -0.3 is 0 Å². The van der Waals surface area contributed by atoms with Crippen molar-refractivity contribution in [3.8, 4) is 0 Å². The van der Waals surface area contributed by atoms with Crippen LogP contribution in [0.15, 0.2) is 18.2 Å². The van der Waals surface area contributed by atoms with Crippen molar-refractivity contribution >= 4 is 10.8 Å². The van der Waals surface area contributed by atoms with Crippen molar-refractivity contribution in [2.75, 3.05) is 0 Å². The lowest BCUT2D eigenvalue weighted by Gasteiger charge is -2.13. The lowest BCUT2D eigenvalue weighted by atomic mass is 9.92. The predicted molar refractivity (Wildman–Crippen MR) is 61.7 cm³/mol. The summed E-state index contributed by atoms with van der Waals surface area (Å²) in [6.45, 7) is 8.79. The Morgan fingerprint density at radius 2 is 1.36 bits per heavy atom. The van der Waals surface area contributed by atoms with Gasteiger partial charge in [0.25, 0.3) is 0 Å². The molecule has 0 unspecified atom stereocenters. The molecule has 0 atom stereocenters. The van der Waals surface area contributed by atoms with E-state index >= 15 is 0 Å². The Balaban J connectivity index is 3.02. The molecule has 0 saturated heterocycles. The SMILES string of the molecule is Cc1c(C)c(C)c2cc[c]cc2c1C. The molecule has 0 aliphatic rings. The highest BCUT2D eigenvalue weighted by molar-refractivity contribution is 5.90. The van der Waals surface area contributed by atoms with E-state index in [0.717, 1.165) is 0 Å². The van der Waals surface area contributed by atoms with E-state index in [1.165, 1.54) is 33.0 Å². The van der Waals surface area contributed by atoms with E-state index in [1.54, 1.807) is 0 Å². The molecular formula is C14H15. The van der Waals surface area contributed by atoms with E-state index in [2.05, 4.69) is 45.9 Å². The zero-order chi connectivity index (χ0) is 10.3. The molecule has 0 aliphatic carbocycles. The molecule has 0 heteroatoms. The van der Waals surface area contributed by atoms with Crippen molar-refractivity contribution < 1.29 is 0 Å². The summed E-state index contributed by atoms with van der Waals surface area (Å²) in [5, 5.41) is 2.71. The molecule has 0 fully saturated rings. The average molecular weight is 183 g/mol. The molecule has 0 N–H and O–H groups in total. The van der Waals surface area contributed by atoms with Gasteiger partial charge in [-0.15, -0.1) is 0 Å². The van der Waals surface area contributed by atoms with Gasteiger partial charge in [-0.3, -0.25) is 0 Å². The van der Waals surface area contributed by atoms with Crippen LogP contribution in [-0.4, -0.2) is 0 Å². The van der Waals surface area contributed by atoms with Crippen molar-refractivity contribution in [3.63, 3.8) is 0 Å². The van der Waals surface area contributed by atoms with Crippen LogP contribution >= 0.6 is 0 Å². The lowest BCUT2D eigenvalue weighted by molar-refractivity contribution is 1.25. The second-order valence-corrected chi connectivity index (χ2v) is 3.97. The molecule has 1 radical (unpaired) electrons. The Morgan fingerprint density at radius 3 is 2.00 bits per heavy atom. The van der Waals surface area contributed by atoms with Gasteiger partial charge in [0.1, 0.15) is 0 Å². The first kappa shape index (κ1) is 9.26. The van der Waals surface area contributed by atoms with E-state index < -0.39 is 0 Å². The number of rotatable bonds is 0. The first-order valence-corrected chi connectivity index (χ1v) is 4.99. The third kappa shape index (κ3) is 1.14. The second-order valence-electron chi connectivity index (χ2n) is 3.97. The highest BCUT2D eigenvalue weighted by atomic mass is 14.1. The topological polar surface area (TPSA) is 0 Å². The monoisotopic (exact) mass is 183 g/mol. The summed E-state index contributed by atoms with van der Waals surface area (Å²) in [5.41, 5.74) is 5.62. The molecule has 0 saturated carbocycles. The van der Waals surface area contributed by atoms with Crippen LogP contribution in [0.2, 0.25) is 0 Å². The smallest absolute Gasteiger partial charge is 0.0143 e. The number of hydrogen-bond acceptors (Lipinski definition) is 0. The Bertz CT molecular complexity index is 446. The van der Waals surface area contributed by atoms with Crippen molar-refractivity contribution in [1.29, 1.82) is 0 Å². The van der Waals surface area contributed by atoms with Crippen LogP contribution in [0.3, 0.4) is 0 Å². The molecule has 0 amide bonds. The Labute approximate surface area is 85.6 Å². The molecule has 2 rings (SSSR count). The van der Waals surface area contributed by atoms with Crippen LogP contribution in [0.25, 0.3) is 10.8 Å². The van der Waals surface area contributed by atoms with Gasteiger partial charge >= 0.3 is 0 Å². The van der Waals surface area contributed by atoms with E-state index in [9.17, 15) is 0 Å². The van der Waals surface area contributed by atoms with Crippen molar-refractivity contribution in [2.45, 2.75) is 27.7 Å². The number of fused-ring (bicyclic) bond motifs is 1. The van der Waals surface area contributed by atoms with Gasteiger partial charge in [-0.25, -0.2) is 0 Å². The van der Waals surface area contributed by atoms with Crippen LogP contribution < -0.4 is 0 Å². The first-order chi connectivity index (χ1) is 6.63. The zero-order valence-electron chi connectivity index (χ0n) is 9.23. The van der Waals surface area contributed by atoms with E-state index in [-0.39, 0.29) is 0 Å². The van der Waals surface area contributed by atoms with Crippen LogP contribution in [-0.2, 0) is 0 Å². The van der Waals surface area contributed by atoms with Gasteiger partial charge in [0.05, 0.1) is 0 Å². The summed E-state index contributed by atoms with van der Waals surface area (Å²) in [6, 6.07) is 9.38. The van der Waals surface area contributed by atoms with Crippen LogP contribution in [0.4, 0.5) is 0 Å². The molecule has 71 valence electrons. The van der Waals surface area contributed by atoms with Gasteiger partial charge in [0.15, 0.2) is 0 Å². The molecule has 0 spiro atoms. The molecule has 14 heavy (non-hydrogen) atoms. The van der Waals surface area contributed by atoms with Gasteiger partial charge in [0.2, 0.25) is 0 Å². The van der Waals surface area contributed by atoms with Gasteiger partial charge in [-0.2, -0.15) is 0 Å². The maximum atomic E-state index is 3.15. The molecule has 0 aromatic heterocycles. The lowest BCUT2D eigenvalue weighted by Crippen LogP contribution is -1.93. The summed E-state index contributed by atoms with van der Waals surface area (Å²) in [4.78, 5) is 0. The quantitative estimate of drug-likeness (QED) is 0.581. The van der Waals surface area contributed by atoms with Crippen LogP contribution in [0.1, 0.15) is 22.3 Å². The van der Waals surface area contributed by atoms with Gasteiger partial charge in [0, 0.05) is 0 Å². The average Bonchev–Trinajstić information content (AvgIpc) is 2.23. The van der Waals surface area contributed by atoms with E-state index in [1.807, 2.05) is 6.07 Å². The van der Waals surface area contributed by atoms with Crippen LogP contribution in [0.5, 0.6) is 0 Å². The number of aryl methyl sites for hydroxylation is 2. The Kier molecular flexibility index (Phi) is 2.07. The molecule has 0 aliphatic heterocycles. The van der Waals surface area contributed by atoms with E-state index in [4.69, 9.17) is 0 Å². The zero-order valence-corrected chi connectivity index (χ0v) is 9.23.